The van der Waals surface area contributed by atoms with Crippen molar-refractivity contribution in [2.45, 2.75) is 51.8 Å². The molecule has 0 atom stereocenters. The van der Waals surface area contributed by atoms with E-state index in [0.717, 1.165) is 49.5 Å². The summed E-state index contributed by atoms with van der Waals surface area (Å²) >= 11 is 5.96. The molecule has 0 saturated carbocycles. The number of hydrogen-bond donors (Lipinski definition) is 1. The second kappa shape index (κ2) is 9.55. The van der Waals surface area contributed by atoms with E-state index in [2.05, 4.69) is 58.3 Å². The van der Waals surface area contributed by atoms with E-state index in [9.17, 15) is 0 Å². The van der Waals surface area contributed by atoms with E-state index < -0.39 is 0 Å². The first-order valence-corrected chi connectivity index (χ1v) is 11.5. The zero-order chi connectivity index (χ0) is 22.7. The molecule has 0 radical (unpaired) electrons. The van der Waals surface area contributed by atoms with Gasteiger partial charge in [-0.25, -0.2) is 4.98 Å². The predicted molar refractivity (Wildman–Crippen MR) is 127 cm³/mol. The van der Waals surface area contributed by atoms with Crippen molar-refractivity contribution in [1.29, 1.82) is 0 Å². The van der Waals surface area contributed by atoms with Crippen molar-refractivity contribution in [3.05, 3.63) is 40.8 Å². The highest BCUT2D eigenvalue weighted by Gasteiger charge is 2.26. The highest BCUT2D eigenvalue weighted by atomic mass is 35.5. The molecule has 2 aliphatic rings. The number of anilines is 1. The normalized spacial score (nSPS) is 18.0. The third-order valence-corrected chi connectivity index (χ3v) is 5.93. The Hall–Kier alpha value is -2.51. The van der Waals surface area contributed by atoms with Gasteiger partial charge >= 0.3 is 0 Å². The number of rotatable bonds is 7. The average Bonchev–Trinajstić information content (AvgIpc) is 2.76. The van der Waals surface area contributed by atoms with Crippen LogP contribution in [0, 0.1) is 0 Å². The lowest BCUT2D eigenvalue weighted by Crippen LogP contribution is -2.39. The lowest BCUT2D eigenvalue weighted by Gasteiger charge is -2.33. The Morgan fingerprint density at radius 1 is 1.25 bits per heavy atom. The van der Waals surface area contributed by atoms with Gasteiger partial charge in [-0.05, 0) is 69.0 Å². The number of benzene rings is 1. The Morgan fingerprint density at radius 3 is 2.75 bits per heavy atom. The summed E-state index contributed by atoms with van der Waals surface area (Å²) in [6, 6.07) is 4.64. The number of fused-ring (bicyclic) bond motifs is 1. The maximum Gasteiger partial charge on any atom is 0.224 e. The van der Waals surface area contributed by atoms with E-state index in [0.29, 0.717) is 24.2 Å². The lowest BCUT2D eigenvalue weighted by molar-refractivity contribution is 0.149. The molecule has 1 saturated heterocycles. The summed E-state index contributed by atoms with van der Waals surface area (Å²) in [4.78, 5) is 10.7. The van der Waals surface area contributed by atoms with Crippen LogP contribution in [0.25, 0.3) is 6.08 Å². The molecule has 32 heavy (non-hydrogen) atoms. The number of halogens is 1. The second-order valence-corrected chi connectivity index (χ2v) is 9.07. The van der Waals surface area contributed by atoms with Crippen molar-refractivity contribution in [1.82, 2.24) is 14.9 Å². The number of hydrogen-bond acceptors (Lipinski definition) is 7. The van der Waals surface area contributed by atoms with Gasteiger partial charge < -0.3 is 19.5 Å². The fourth-order valence-corrected chi connectivity index (χ4v) is 4.28. The highest BCUT2D eigenvalue weighted by Crippen LogP contribution is 2.40. The molecular formula is C24H31ClN4O3. The number of ether oxygens (including phenoxy) is 3. The monoisotopic (exact) mass is 458 g/mol. The summed E-state index contributed by atoms with van der Waals surface area (Å²) in [5.41, 5.74) is 1.98. The van der Waals surface area contributed by atoms with E-state index in [1.54, 1.807) is 13.3 Å². The molecule has 1 N–H and O–H groups in total. The topological polar surface area (TPSA) is 68.7 Å². The van der Waals surface area contributed by atoms with Crippen molar-refractivity contribution in [3.8, 4) is 17.2 Å². The lowest BCUT2D eigenvalue weighted by atomic mass is 9.99. The second-order valence-electron chi connectivity index (χ2n) is 8.73. The van der Waals surface area contributed by atoms with Crippen LogP contribution in [0.2, 0.25) is 5.28 Å². The van der Waals surface area contributed by atoms with E-state index in [1.807, 2.05) is 6.92 Å². The van der Waals surface area contributed by atoms with Crippen LogP contribution in [0.4, 0.5) is 5.82 Å². The minimum Gasteiger partial charge on any atom is -0.491 e. The fraction of sp³-hybridized carbons (Fsp3) is 0.500. The van der Waals surface area contributed by atoms with Gasteiger partial charge in [-0.2, -0.15) is 4.98 Å². The molecule has 8 heteroatoms. The first kappa shape index (κ1) is 22.7. The van der Waals surface area contributed by atoms with Gasteiger partial charge in [-0.3, -0.25) is 4.90 Å². The van der Waals surface area contributed by atoms with Gasteiger partial charge in [0.2, 0.25) is 5.28 Å². The largest absolute Gasteiger partial charge is 0.491 e. The summed E-state index contributed by atoms with van der Waals surface area (Å²) in [6.45, 7) is 9.56. The Morgan fingerprint density at radius 2 is 2.03 bits per heavy atom. The molecule has 0 spiro atoms. The van der Waals surface area contributed by atoms with Gasteiger partial charge in [0.05, 0.1) is 19.9 Å². The zero-order valence-electron chi connectivity index (χ0n) is 19.2. The summed E-state index contributed by atoms with van der Waals surface area (Å²) in [6.07, 6.45) is 7.84. The first-order chi connectivity index (χ1) is 15.4. The molecule has 2 aromatic rings. The molecule has 3 heterocycles. The maximum absolute atomic E-state index is 6.18. The van der Waals surface area contributed by atoms with Crippen LogP contribution in [0.3, 0.4) is 0 Å². The number of aromatic nitrogens is 2. The van der Waals surface area contributed by atoms with Gasteiger partial charge in [0.15, 0.2) is 23.1 Å². The quantitative estimate of drug-likeness (QED) is 0.597. The van der Waals surface area contributed by atoms with Crippen LogP contribution in [-0.2, 0) is 6.54 Å². The van der Waals surface area contributed by atoms with Gasteiger partial charge in [-0.15, -0.1) is 0 Å². The molecule has 0 unspecified atom stereocenters. The summed E-state index contributed by atoms with van der Waals surface area (Å²) < 4.78 is 17.4. The molecule has 0 amide bonds. The number of piperidine rings is 1. The molecule has 0 bridgehead atoms. The van der Waals surface area contributed by atoms with Crippen LogP contribution in [0.1, 0.15) is 44.7 Å². The molecule has 7 nitrogen and oxygen atoms in total. The Bertz CT molecular complexity index is 987. The zero-order valence-corrected chi connectivity index (χ0v) is 19.9. The molecule has 2 aliphatic heterocycles. The van der Waals surface area contributed by atoms with Crippen molar-refractivity contribution in [2.24, 2.45) is 0 Å². The van der Waals surface area contributed by atoms with Gasteiger partial charge in [-0.1, -0.05) is 6.08 Å². The van der Waals surface area contributed by atoms with Crippen molar-refractivity contribution in [3.63, 3.8) is 0 Å². The fourth-order valence-electron chi connectivity index (χ4n) is 4.15. The standard InChI is InChI=1S/C24H31ClN4O3/c1-5-31-19-13-16(12-17-6-9-24(2,3)32-21(17)19)15-29-10-7-18(8-11-29)27-22-20(30-4)14-26-23(25)28-22/h6,9,12-14,18H,5,7-8,10-11,15H2,1-4H3,(H,26,27,28). The Kier molecular flexibility index (Phi) is 6.76. The maximum atomic E-state index is 6.18. The predicted octanol–water partition coefficient (Wildman–Crippen LogP) is 4.80. The minimum atomic E-state index is -0.328. The molecule has 1 aromatic heterocycles. The molecule has 4 rings (SSSR count). The number of likely N-dealkylation sites (tertiary alicyclic amines) is 1. The average molecular weight is 459 g/mol. The molecule has 1 aromatic carbocycles. The summed E-state index contributed by atoms with van der Waals surface area (Å²) in [5, 5.41) is 3.68. The van der Waals surface area contributed by atoms with Gasteiger partial charge in [0.1, 0.15) is 5.60 Å². The van der Waals surface area contributed by atoms with Gasteiger partial charge in [0, 0.05) is 31.2 Å². The van der Waals surface area contributed by atoms with Gasteiger partial charge in [0.25, 0.3) is 0 Å². The van der Waals surface area contributed by atoms with Crippen molar-refractivity contribution < 1.29 is 14.2 Å². The first-order valence-electron chi connectivity index (χ1n) is 11.1. The number of methoxy groups -OCH3 is 1. The third-order valence-electron chi connectivity index (χ3n) is 5.75. The summed E-state index contributed by atoms with van der Waals surface area (Å²) in [7, 11) is 1.61. The number of nitrogens with zero attached hydrogens (tertiary/aromatic N) is 3. The van der Waals surface area contributed by atoms with Crippen LogP contribution < -0.4 is 19.5 Å². The van der Waals surface area contributed by atoms with E-state index in [-0.39, 0.29) is 10.9 Å². The van der Waals surface area contributed by atoms with Crippen LogP contribution in [0.5, 0.6) is 17.2 Å². The van der Waals surface area contributed by atoms with Crippen LogP contribution in [-0.4, -0.2) is 53.3 Å². The van der Waals surface area contributed by atoms with E-state index in [1.165, 1.54) is 5.56 Å². The smallest absolute Gasteiger partial charge is 0.224 e. The molecular weight excluding hydrogens is 428 g/mol. The van der Waals surface area contributed by atoms with Crippen LogP contribution in [0.15, 0.2) is 24.4 Å². The SMILES string of the molecule is CCOc1cc(CN2CCC(Nc3nc(Cl)ncc3OC)CC2)cc2c1OC(C)(C)C=C2. The molecule has 1 fully saturated rings. The Labute approximate surface area is 194 Å². The third kappa shape index (κ3) is 5.27. The highest BCUT2D eigenvalue weighted by molar-refractivity contribution is 6.28. The molecule has 172 valence electrons. The summed E-state index contributed by atoms with van der Waals surface area (Å²) in [5.74, 6) is 2.91. The van der Waals surface area contributed by atoms with E-state index in [4.69, 9.17) is 25.8 Å². The number of nitrogens with one attached hydrogen (secondary N) is 1. The van der Waals surface area contributed by atoms with Crippen molar-refractivity contribution >= 4 is 23.5 Å². The van der Waals surface area contributed by atoms with E-state index >= 15 is 0 Å². The minimum absolute atomic E-state index is 0.213. The molecule has 0 aliphatic carbocycles. The van der Waals surface area contributed by atoms with Crippen LogP contribution >= 0.6 is 11.6 Å². The van der Waals surface area contributed by atoms with Crippen molar-refractivity contribution in [2.75, 3.05) is 32.1 Å². The Balaban J connectivity index is 1.40.